The highest BCUT2D eigenvalue weighted by Crippen LogP contribution is 2.21. The van der Waals surface area contributed by atoms with Crippen molar-refractivity contribution in [2.75, 3.05) is 0 Å². The largest absolute Gasteiger partial charge is 0.479 e. The highest BCUT2D eigenvalue weighted by Gasteiger charge is 2.22. The van der Waals surface area contributed by atoms with Crippen molar-refractivity contribution in [1.29, 1.82) is 0 Å². The lowest BCUT2D eigenvalue weighted by atomic mass is 10.1. The average Bonchev–Trinajstić information content (AvgIpc) is 2.82. The van der Waals surface area contributed by atoms with Gasteiger partial charge < -0.3 is 5.11 Å². The van der Waals surface area contributed by atoms with Gasteiger partial charge >= 0.3 is 5.97 Å². The second-order valence-electron chi connectivity index (χ2n) is 4.32. The van der Waals surface area contributed by atoms with Gasteiger partial charge in [0, 0.05) is 11.6 Å². The number of benzene rings is 2. The fourth-order valence-electron chi connectivity index (χ4n) is 2.16. The molecule has 0 bridgehead atoms. The minimum atomic E-state index is -0.918. The zero-order chi connectivity index (χ0) is 13.2. The Morgan fingerprint density at radius 1 is 1.05 bits per heavy atom. The molecule has 0 amide bonds. The van der Waals surface area contributed by atoms with Crippen LogP contribution < -0.4 is 0 Å². The quantitative estimate of drug-likeness (QED) is 0.779. The second-order valence-corrected chi connectivity index (χ2v) is 4.32. The molecule has 1 atom stereocenters. The van der Waals surface area contributed by atoms with E-state index in [9.17, 15) is 9.90 Å². The summed E-state index contributed by atoms with van der Waals surface area (Å²) in [5, 5.41) is 14.7. The Morgan fingerprint density at radius 2 is 1.74 bits per heavy atom. The van der Waals surface area contributed by atoms with E-state index in [2.05, 4.69) is 5.10 Å². The summed E-state index contributed by atoms with van der Waals surface area (Å²) in [6, 6.07) is 15.9. The summed E-state index contributed by atoms with van der Waals surface area (Å²) in [5.74, 6) is -0.918. The predicted octanol–water partition coefficient (Wildman–Crippen LogP) is 2.71. The number of hydrogen-bond donors (Lipinski definition) is 1. The standard InChI is InChI=1S/C15H12N2O2/c18-15(19)14(11-6-2-1-3-7-11)17-10-12-8-4-5-9-13(12)16-17/h1-10,14H,(H,18,19)/t14-/m1/s1. The third-order valence-corrected chi connectivity index (χ3v) is 3.05. The van der Waals surface area contributed by atoms with Gasteiger partial charge in [0.1, 0.15) is 0 Å². The van der Waals surface area contributed by atoms with Crippen LogP contribution in [0.1, 0.15) is 11.6 Å². The van der Waals surface area contributed by atoms with Crippen LogP contribution >= 0.6 is 0 Å². The maximum absolute atomic E-state index is 11.5. The van der Waals surface area contributed by atoms with Gasteiger partial charge in [-0.25, -0.2) is 4.79 Å². The molecule has 0 saturated heterocycles. The van der Waals surface area contributed by atoms with Crippen molar-refractivity contribution in [3.05, 3.63) is 66.4 Å². The zero-order valence-electron chi connectivity index (χ0n) is 10.1. The van der Waals surface area contributed by atoms with E-state index in [1.165, 1.54) is 4.68 Å². The first-order valence-electron chi connectivity index (χ1n) is 5.97. The van der Waals surface area contributed by atoms with Gasteiger partial charge in [-0.2, -0.15) is 5.10 Å². The van der Waals surface area contributed by atoms with E-state index in [1.807, 2.05) is 42.5 Å². The molecule has 94 valence electrons. The van der Waals surface area contributed by atoms with E-state index in [4.69, 9.17) is 0 Å². The molecule has 1 N–H and O–H groups in total. The Morgan fingerprint density at radius 3 is 2.42 bits per heavy atom. The van der Waals surface area contributed by atoms with E-state index in [0.717, 1.165) is 10.9 Å². The average molecular weight is 252 g/mol. The number of aliphatic carboxylic acids is 1. The van der Waals surface area contributed by atoms with Crippen LogP contribution in [0.2, 0.25) is 0 Å². The summed E-state index contributed by atoms with van der Waals surface area (Å²) in [7, 11) is 0. The number of rotatable bonds is 3. The monoisotopic (exact) mass is 252 g/mol. The fraction of sp³-hybridized carbons (Fsp3) is 0.0667. The van der Waals surface area contributed by atoms with Crippen molar-refractivity contribution in [2.24, 2.45) is 0 Å². The van der Waals surface area contributed by atoms with Gasteiger partial charge in [-0.15, -0.1) is 0 Å². The number of hydrogen-bond acceptors (Lipinski definition) is 2. The molecular formula is C15H12N2O2. The van der Waals surface area contributed by atoms with Crippen LogP contribution in [0.3, 0.4) is 0 Å². The topological polar surface area (TPSA) is 55.1 Å². The Labute approximate surface area is 109 Å². The third-order valence-electron chi connectivity index (χ3n) is 3.05. The second kappa shape index (κ2) is 4.57. The molecule has 0 aliphatic heterocycles. The van der Waals surface area contributed by atoms with Gasteiger partial charge in [0.2, 0.25) is 0 Å². The van der Waals surface area contributed by atoms with Crippen molar-refractivity contribution in [2.45, 2.75) is 6.04 Å². The lowest BCUT2D eigenvalue weighted by Crippen LogP contribution is -2.20. The molecule has 3 rings (SSSR count). The lowest BCUT2D eigenvalue weighted by molar-refractivity contribution is -0.139. The highest BCUT2D eigenvalue weighted by atomic mass is 16.4. The smallest absolute Gasteiger partial charge is 0.333 e. The maximum atomic E-state index is 11.5. The summed E-state index contributed by atoms with van der Waals surface area (Å²) in [6.07, 6.45) is 1.76. The van der Waals surface area contributed by atoms with E-state index < -0.39 is 12.0 Å². The maximum Gasteiger partial charge on any atom is 0.333 e. The van der Waals surface area contributed by atoms with E-state index >= 15 is 0 Å². The summed E-state index contributed by atoms with van der Waals surface area (Å²) < 4.78 is 1.50. The molecule has 0 fully saturated rings. The Kier molecular flexibility index (Phi) is 2.76. The van der Waals surface area contributed by atoms with Crippen molar-refractivity contribution in [1.82, 2.24) is 9.78 Å². The molecular weight excluding hydrogens is 240 g/mol. The van der Waals surface area contributed by atoms with Gasteiger partial charge in [0.25, 0.3) is 0 Å². The van der Waals surface area contributed by atoms with Crippen LogP contribution in [0, 0.1) is 0 Å². The van der Waals surface area contributed by atoms with Crippen molar-refractivity contribution < 1.29 is 9.90 Å². The van der Waals surface area contributed by atoms with E-state index in [1.54, 1.807) is 18.3 Å². The molecule has 0 radical (unpaired) electrons. The third kappa shape index (κ3) is 2.08. The Balaban J connectivity index is 2.12. The van der Waals surface area contributed by atoms with Crippen molar-refractivity contribution >= 4 is 16.9 Å². The summed E-state index contributed by atoms with van der Waals surface area (Å²) in [4.78, 5) is 11.5. The molecule has 1 aromatic heterocycles. The minimum Gasteiger partial charge on any atom is -0.479 e. The first kappa shape index (κ1) is 11.5. The predicted molar refractivity (Wildman–Crippen MR) is 71.9 cm³/mol. The molecule has 0 saturated carbocycles. The summed E-state index contributed by atoms with van der Waals surface area (Å²) in [6.45, 7) is 0. The van der Waals surface area contributed by atoms with Crippen molar-refractivity contribution in [3.8, 4) is 0 Å². The minimum absolute atomic E-state index is 0.711. The lowest BCUT2D eigenvalue weighted by Gasteiger charge is -2.12. The van der Waals surface area contributed by atoms with Gasteiger partial charge in [-0.3, -0.25) is 4.68 Å². The molecule has 3 aromatic rings. The molecule has 1 heterocycles. The number of carboxylic acids is 1. The molecule has 19 heavy (non-hydrogen) atoms. The van der Waals surface area contributed by atoms with Gasteiger partial charge in [0.05, 0.1) is 5.52 Å². The van der Waals surface area contributed by atoms with Crippen LogP contribution in [0.5, 0.6) is 0 Å². The Bertz CT molecular complexity index is 686. The normalized spacial score (nSPS) is 12.4. The molecule has 0 spiro atoms. The van der Waals surface area contributed by atoms with Gasteiger partial charge in [0.15, 0.2) is 6.04 Å². The molecule has 0 unspecified atom stereocenters. The zero-order valence-corrected chi connectivity index (χ0v) is 10.1. The number of carboxylic acid groups (broad SMARTS) is 1. The van der Waals surface area contributed by atoms with Crippen LogP contribution in [-0.4, -0.2) is 20.9 Å². The summed E-state index contributed by atoms with van der Waals surface area (Å²) >= 11 is 0. The number of nitrogens with zero attached hydrogens (tertiary/aromatic N) is 2. The van der Waals surface area contributed by atoms with Crippen LogP contribution in [0.25, 0.3) is 10.9 Å². The number of fused-ring (bicyclic) bond motifs is 1. The van der Waals surface area contributed by atoms with Crippen LogP contribution in [0.15, 0.2) is 60.8 Å². The van der Waals surface area contributed by atoms with Gasteiger partial charge in [-0.05, 0) is 11.6 Å². The molecule has 4 nitrogen and oxygen atoms in total. The first-order valence-corrected chi connectivity index (χ1v) is 5.97. The summed E-state index contributed by atoms with van der Waals surface area (Å²) in [5.41, 5.74) is 1.51. The molecule has 2 aromatic carbocycles. The Hall–Kier alpha value is -2.62. The SMILES string of the molecule is O=C(O)[C@@H](c1ccccc1)n1cc2ccccc2n1. The van der Waals surface area contributed by atoms with E-state index in [0.29, 0.717) is 5.56 Å². The van der Waals surface area contributed by atoms with Crippen LogP contribution in [0.4, 0.5) is 0 Å². The fourth-order valence-corrected chi connectivity index (χ4v) is 2.16. The van der Waals surface area contributed by atoms with Gasteiger partial charge in [-0.1, -0.05) is 48.5 Å². The molecule has 0 aliphatic carbocycles. The van der Waals surface area contributed by atoms with Crippen LogP contribution in [-0.2, 0) is 4.79 Å². The van der Waals surface area contributed by atoms with Crippen molar-refractivity contribution in [3.63, 3.8) is 0 Å². The highest BCUT2D eigenvalue weighted by molar-refractivity contribution is 5.80. The number of carbonyl (C=O) groups is 1. The number of aromatic nitrogens is 2. The first-order chi connectivity index (χ1) is 9.25. The van der Waals surface area contributed by atoms with E-state index in [-0.39, 0.29) is 0 Å². The molecule has 4 heteroatoms. The molecule has 0 aliphatic rings.